The second-order valence-corrected chi connectivity index (χ2v) is 5.46. The first-order valence-electron chi connectivity index (χ1n) is 6.22. The largest absolute Gasteiger partial charge is 0.416 e. The van der Waals surface area contributed by atoms with Gasteiger partial charge in [0.15, 0.2) is 0 Å². The Labute approximate surface area is 118 Å². The predicted octanol–water partition coefficient (Wildman–Crippen LogP) is 4.27. The number of hydrogen-bond donors (Lipinski definition) is 1. The Bertz CT molecular complexity index is 575. The fourth-order valence-corrected chi connectivity index (χ4v) is 3.03. The highest BCUT2D eigenvalue weighted by molar-refractivity contribution is 7.15. The number of aromatic nitrogens is 1. The summed E-state index contributed by atoms with van der Waals surface area (Å²) in [5.74, 6) is 0. The Morgan fingerprint density at radius 1 is 1.20 bits per heavy atom. The summed E-state index contributed by atoms with van der Waals surface area (Å²) in [5, 5.41) is 9.90. The molecule has 0 spiro atoms. The Hall–Kier alpha value is -1.40. The normalized spacial score (nSPS) is 11.8. The van der Waals surface area contributed by atoms with Crippen molar-refractivity contribution < 1.29 is 18.3 Å². The van der Waals surface area contributed by atoms with Crippen LogP contribution in [-0.4, -0.2) is 10.1 Å². The van der Waals surface area contributed by atoms with Gasteiger partial charge >= 0.3 is 6.18 Å². The average molecular weight is 301 g/mol. The van der Waals surface area contributed by atoms with Crippen LogP contribution in [0.3, 0.4) is 0 Å². The van der Waals surface area contributed by atoms with Crippen LogP contribution in [0.2, 0.25) is 0 Å². The molecule has 1 aromatic carbocycles. The Kier molecular flexibility index (Phi) is 4.45. The summed E-state index contributed by atoms with van der Waals surface area (Å²) in [6.07, 6.45) is -2.58. The van der Waals surface area contributed by atoms with Crippen LogP contribution in [0.4, 0.5) is 13.2 Å². The number of aryl methyl sites for hydroxylation is 1. The molecule has 0 aliphatic carbocycles. The summed E-state index contributed by atoms with van der Waals surface area (Å²) in [6, 6.07) is 4.93. The summed E-state index contributed by atoms with van der Waals surface area (Å²) in [7, 11) is 0. The van der Waals surface area contributed by atoms with Crippen LogP contribution in [0, 0.1) is 0 Å². The number of rotatable bonds is 4. The molecule has 2 nitrogen and oxygen atoms in total. The highest BCUT2D eigenvalue weighted by Gasteiger charge is 2.30. The third-order valence-electron chi connectivity index (χ3n) is 2.86. The first-order valence-corrected chi connectivity index (χ1v) is 7.04. The van der Waals surface area contributed by atoms with Crippen molar-refractivity contribution in [1.29, 1.82) is 0 Å². The van der Waals surface area contributed by atoms with Crippen LogP contribution in [-0.2, 0) is 19.2 Å². The van der Waals surface area contributed by atoms with Crippen LogP contribution >= 0.6 is 11.3 Å². The van der Waals surface area contributed by atoms with Crippen molar-refractivity contribution >= 4 is 11.3 Å². The molecule has 2 rings (SSSR count). The maximum Gasteiger partial charge on any atom is 0.416 e. The van der Waals surface area contributed by atoms with E-state index >= 15 is 0 Å². The van der Waals surface area contributed by atoms with Crippen molar-refractivity contribution in [2.45, 2.75) is 32.5 Å². The molecular formula is C14H14F3NOS. The van der Waals surface area contributed by atoms with Gasteiger partial charge in [-0.1, -0.05) is 25.5 Å². The van der Waals surface area contributed by atoms with Crippen molar-refractivity contribution in [3.05, 3.63) is 40.4 Å². The molecule has 108 valence electrons. The molecule has 0 unspecified atom stereocenters. The van der Waals surface area contributed by atoms with Crippen LogP contribution in [0.5, 0.6) is 0 Å². The predicted molar refractivity (Wildman–Crippen MR) is 72.5 cm³/mol. The SMILES string of the molecule is CCCc1sc(-c2ccc(C(F)(F)F)cc2)nc1CO. The zero-order valence-corrected chi connectivity index (χ0v) is 11.7. The summed E-state index contributed by atoms with van der Waals surface area (Å²) in [4.78, 5) is 5.29. The molecule has 1 heterocycles. The summed E-state index contributed by atoms with van der Waals surface area (Å²) in [6.45, 7) is 1.88. The number of nitrogens with zero attached hydrogens (tertiary/aromatic N) is 1. The van der Waals surface area contributed by atoms with E-state index in [1.165, 1.54) is 23.5 Å². The molecule has 1 aromatic heterocycles. The van der Waals surface area contributed by atoms with Crippen molar-refractivity contribution in [2.75, 3.05) is 0 Å². The van der Waals surface area contributed by atoms with Gasteiger partial charge in [-0.25, -0.2) is 4.98 Å². The Balaban J connectivity index is 2.32. The lowest BCUT2D eigenvalue weighted by Gasteiger charge is -2.06. The number of alkyl halides is 3. The number of halogens is 3. The molecule has 0 saturated heterocycles. The zero-order chi connectivity index (χ0) is 14.8. The van der Waals surface area contributed by atoms with Gasteiger partial charge in [0.05, 0.1) is 17.9 Å². The molecule has 0 atom stereocenters. The van der Waals surface area contributed by atoms with E-state index in [4.69, 9.17) is 0 Å². The van der Waals surface area contributed by atoms with Gasteiger partial charge in [0, 0.05) is 10.4 Å². The van der Waals surface area contributed by atoms with Crippen LogP contribution in [0.15, 0.2) is 24.3 Å². The topological polar surface area (TPSA) is 33.1 Å². The van der Waals surface area contributed by atoms with Crippen molar-refractivity contribution in [2.24, 2.45) is 0 Å². The van der Waals surface area contributed by atoms with Crippen LogP contribution < -0.4 is 0 Å². The van der Waals surface area contributed by atoms with Gasteiger partial charge < -0.3 is 5.11 Å². The molecule has 0 amide bonds. The second kappa shape index (κ2) is 5.93. The summed E-state index contributed by atoms with van der Waals surface area (Å²) < 4.78 is 37.5. The summed E-state index contributed by atoms with van der Waals surface area (Å²) >= 11 is 1.42. The van der Waals surface area contributed by atoms with Crippen molar-refractivity contribution in [1.82, 2.24) is 4.98 Å². The quantitative estimate of drug-likeness (QED) is 0.914. The van der Waals surface area contributed by atoms with E-state index in [2.05, 4.69) is 4.98 Å². The highest BCUT2D eigenvalue weighted by Crippen LogP contribution is 2.33. The number of thiazole rings is 1. The number of aliphatic hydroxyl groups is 1. The Morgan fingerprint density at radius 3 is 2.35 bits per heavy atom. The first kappa shape index (κ1) is 15.0. The van der Waals surface area contributed by atoms with Crippen molar-refractivity contribution in [3.63, 3.8) is 0 Å². The van der Waals surface area contributed by atoms with E-state index in [1.54, 1.807) is 0 Å². The van der Waals surface area contributed by atoms with E-state index in [-0.39, 0.29) is 6.61 Å². The first-order chi connectivity index (χ1) is 9.45. The number of benzene rings is 1. The number of aliphatic hydroxyl groups excluding tert-OH is 1. The smallest absolute Gasteiger partial charge is 0.390 e. The molecule has 0 radical (unpaired) electrons. The lowest BCUT2D eigenvalue weighted by molar-refractivity contribution is -0.137. The molecule has 0 fully saturated rings. The monoisotopic (exact) mass is 301 g/mol. The fraction of sp³-hybridized carbons (Fsp3) is 0.357. The maximum absolute atomic E-state index is 12.5. The zero-order valence-electron chi connectivity index (χ0n) is 10.9. The van der Waals surface area contributed by atoms with Gasteiger partial charge in [0.25, 0.3) is 0 Å². The van der Waals surface area contributed by atoms with Gasteiger partial charge in [-0.2, -0.15) is 13.2 Å². The molecule has 2 aromatic rings. The minimum absolute atomic E-state index is 0.146. The van der Waals surface area contributed by atoms with Gasteiger partial charge in [0.2, 0.25) is 0 Å². The van der Waals surface area contributed by atoms with E-state index < -0.39 is 11.7 Å². The minimum Gasteiger partial charge on any atom is -0.390 e. The van der Waals surface area contributed by atoms with E-state index in [0.717, 1.165) is 29.9 Å². The molecule has 6 heteroatoms. The van der Waals surface area contributed by atoms with Gasteiger partial charge in [-0.15, -0.1) is 11.3 Å². The lowest BCUT2D eigenvalue weighted by atomic mass is 10.1. The highest BCUT2D eigenvalue weighted by atomic mass is 32.1. The van der Waals surface area contributed by atoms with Crippen LogP contribution in [0.25, 0.3) is 10.6 Å². The Morgan fingerprint density at radius 2 is 1.85 bits per heavy atom. The van der Waals surface area contributed by atoms with E-state index in [0.29, 0.717) is 16.3 Å². The minimum atomic E-state index is -4.33. The maximum atomic E-state index is 12.5. The molecule has 0 saturated carbocycles. The standard InChI is InChI=1S/C14H14F3NOS/c1-2-3-12-11(8-19)18-13(20-12)9-4-6-10(7-5-9)14(15,16)17/h4-7,19H,2-3,8H2,1H3. The van der Waals surface area contributed by atoms with Crippen molar-refractivity contribution in [3.8, 4) is 10.6 Å². The number of hydrogen-bond acceptors (Lipinski definition) is 3. The van der Waals surface area contributed by atoms with Crippen LogP contribution in [0.1, 0.15) is 29.5 Å². The van der Waals surface area contributed by atoms with E-state index in [1.807, 2.05) is 6.92 Å². The molecule has 1 N–H and O–H groups in total. The molecule has 0 aliphatic heterocycles. The van der Waals surface area contributed by atoms with Gasteiger partial charge in [-0.3, -0.25) is 0 Å². The third kappa shape index (κ3) is 3.19. The fourth-order valence-electron chi connectivity index (χ4n) is 1.85. The van der Waals surface area contributed by atoms with Gasteiger partial charge in [-0.05, 0) is 18.6 Å². The molecule has 0 bridgehead atoms. The molecule has 0 aliphatic rings. The molecule has 20 heavy (non-hydrogen) atoms. The summed E-state index contributed by atoms with van der Waals surface area (Å²) in [5.41, 5.74) is 0.584. The van der Waals surface area contributed by atoms with Gasteiger partial charge in [0.1, 0.15) is 5.01 Å². The van der Waals surface area contributed by atoms with E-state index in [9.17, 15) is 18.3 Å². The molecular weight excluding hydrogens is 287 g/mol. The average Bonchev–Trinajstić information content (AvgIpc) is 2.81. The third-order valence-corrected chi connectivity index (χ3v) is 4.07. The second-order valence-electron chi connectivity index (χ2n) is 4.37. The lowest BCUT2D eigenvalue weighted by Crippen LogP contribution is -2.03.